The van der Waals surface area contributed by atoms with E-state index in [2.05, 4.69) is 15.9 Å². The van der Waals surface area contributed by atoms with E-state index in [1.54, 1.807) is 25.3 Å². The molecule has 19 heavy (non-hydrogen) atoms. The highest BCUT2D eigenvalue weighted by molar-refractivity contribution is 9.10. The molecular formula is C14H17BrO4. The molecule has 1 aliphatic rings. The van der Waals surface area contributed by atoms with Gasteiger partial charge in [0.05, 0.1) is 19.1 Å². The maximum absolute atomic E-state index is 11.2. The molecule has 1 aliphatic carbocycles. The Hall–Kier alpha value is -1.07. The van der Waals surface area contributed by atoms with Gasteiger partial charge >= 0.3 is 5.97 Å². The number of hydrogen-bond donors (Lipinski definition) is 2. The summed E-state index contributed by atoms with van der Waals surface area (Å²) < 4.78 is 5.85. The van der Waals surface area contributed by atoms with Gasteiger partial charge in [0.15, 0.2) is 0 Å². The highest BCUT2D eigenvalue weighted by atomic mass is 79.9. The predicted molar refractivity (Wildman–Crippen MR) is 74.1 cm³/mol. The standard InChI is InChI=1S/C14H17BrO4/c1-19-8-5-6-11(12(15)7-8)13(16)9-3-2-4-10(9)14(17)18/h5-7,9-10,13,16H,2-4H2,1H3,(H,17,18). The highest BCUT2D eigenvalue weighted by Gasteiger charge is 2.38. The minimum atomic E-state index is -0.814. The van der Waals surface area contributed by atoms with Crippen LogP contribution in [0.4, 0.5) is 0 Å². The molecule has 0 radical (unpaired) electrons. The van der Waals surface area contributed by atoms with Gasteiger partial charge in [0.2, 0.25) is 0 Å². The number of benzene rings is 1. The molecule has 104 valence electrons. The lowest BCUT2D eigenvalue weighted by Crippen LogP contribution is -2.24. The number of methoxy groups -OCH3 is 1. The summed E-state index contributed by atoms with van der Waals surface area (Å²) in [6, 6.07) is 5.34. The van der Waals surface area contributed by atoms with Crippen molar-refractivity contribution in [1.82, 2.24) is 0 Å². The number of carboxylic acids is 1. The SMILES string of the molecule is COc1ccc(C(O)C2CCCC2C(=O)O)c(Br)c1. The molecule has 1 fully saturated rings. The molecule has 0 bridgehead atoms. The minimum Gasteiger partial charge on any atom is -0.497 e. The number of carboxylic acid groups (broad SMARTS) is 1. The van der Waals surface area contributed by atoms with Crippen LogP contribution in [-0.2, 0) is 4.79 Å². The van der Waals surface area contributed by atoms with Crippen molar-refractivity contribution >= 4 is 21.9 Å². The summed E-state index contributed by atoms with van der Waals surface area (Å²) in [5, 5.41) is 19.6. The summed E-state index contributed by atoms with van der Waals surface area (Å²) in [5.41, 5.74) is 0.721. The molecule has 2 N–H and O–H groups in total. The lowest BCUT2D eigenvalue weighted by Gasteiger charge is -2.23. The summed E-state index contributed by atoms with van der Waals surface area (Å²) in [5.74, 6) is -0.790. The van der Waals surface area contributed by atoms with Gasteiger partial charge in [-0.25, -0.2) is 0 Å². The Morgan fingerprint density at radius 2 is 2.21 bits per heavy atom. The second-order valence-electron chi connectivity index (χ2n) is 4.87. The third-order valence-corrected chi connectivity index (χ3v) is 4.51. The number of aliphatic hydroxyl groups is 1. The summed E-state index contributed by atoms with van der Waals surface area (Å²) in [4.78, 5) is 11.2. The van der Waals surface area contributed by atoms with Gasteiger partial charge in [-0.15, -0.1) is 0 Å². The number of carbonyl (C=O) groups is 1. The maximum atomic E-state index is 11.2. The van der Waals surface area contributed by atoms with E-state index in [-0.39, 0.29) is 5.92 Å². The lowest BCUT2D eigenvalue weighted by molar-refractivity contribution is -0.144. The Morgan fingerprint density at radius 3 is 2.79 bits per heavy atom. The highest BCUT2D eigenvalue weighted by Crippen LogP contribution is 2.42. The van der Waals surface area contributed by atoms with Crippen molar-refractivity contribution in [2.24, 2.45) is 11.8 Å². The number of aliphatic carboxylic acids is 1. The molecule has 2 rings (SSSR count). The Bertz CT molecular complexity index is 475. The molecular weight excluding hydrogens is 312 g/mol. The summed E-state index contributed by atoms with van der Waals surface area (Å²) in [6.45, 7) is 0. The van der Waals surface area contributed by atoms with Gasteiger partial charge in [-0.1, -0.05) is 28.4 Å². The van der Waals surface area contributed by atoms with Gasteiger partial charge in [-0.05, 0) is 30.5 Å². The Labute approximate surface area is 120 Å². The normalized spacial score (nSPS) is 24.2. The zero-order valence-electron chi connectivity index (χ0n) is 10.7. The first kappa shape index (κ1) is 14.3. The topological polar surface area (TPSA) is 66.8 Å². The van der Waals surface area contributed by atoms with Crippen LogP contribution in [0.1, 0.15) is 30.9 Å². The summed E-state index contributed by atoms with van der Waals surface area (Å²) >= 11 is 3.41. The third-order valence-electron chi connectivity index (χ3n) is 3.82. The Balaban J connectivity index is 2.23. The van der Waals surface area contributed by atoms with Gasteiger partial charge in [-0.3, -0.25) is 4.79 Å². The van der Waals surface area contributed by atoms with Crippen LogP contribution in [-0.4, -0.2) is 23.3 Å². The number of hydrogen-bond acceptors (Lipinski definition) is 3. The fourth-order valence-electron chi connectivity index (χ4n) is 2.78. The second-order valence-corrected chi connectivity index (χ2v) is 5.73. The molecule has 1 aromatic carbocycles. The van der Waals surface area contributed by atoms with E-state index in [0.29, 0.717) is 12.2 Å². The summed E-state index contributed by atoms with van der Waals surface area (Å²) in [7, 11) is 1.58. The van der Waals surface area contributed by atoms with Gasteiger partial charge < -0.3 is 14.9 Å². The van der Waals surface area contributed by atoms with E-state index in [9.17, 15) is 15.0 Å². The number of halogens is 1. The van der Waals surface area contributed by atoms with Crippen molar-refractivity contribution < 1.29 is 19.7 Å². The molecule has 1 saturated carbocycles. The second kappa shape index (κ2) is 5.92. The largest absolute Gasteiger partial charge is 0.497 e. The van der Waals surface area contributed by atoms with E-state index in [1.165, 1.54) is 0 Å². The first-order valence-corrected chi connectivity index (χ1v) is 7.08. The van der Waals surface area contributed by atoms with Crippen molar-refractivity contribution in [3.05, 3.63) is 28.2 Å². The van der Waals surface area contributed by atoms with Crippen LogP contribution in [0, 0.1) is 11.8 Å². The van der Waals surface area contributed by atoms with Crippen molar-refractivity contribution in [3.8, 4) is 5.75 Å². The van der Waals surface area contributed by atoms with Crippen LogP contribution < -0.4 is 4.74 Å². The average Bonchev–Trinajstić information content (AvgIpc) is 2.87. The maximum Gasteiger partial charge on any atom is 0.306 e. The van der Waals surface area contributed by atoms with E-state index in [0.717, 1.165) is 22.9 Å². The van der Waals surface area contributed by atoms with Crippen LogP contribution in [0.25, 0.3) is 0 Å². The molecule has 3 unspecified atom stereocenters. The fraction of sp³-hybridized carbons (Fsp3) is 0.500. The quantitative estimate of drug-likeness (QED) is 0.891. The number of ether oxygens (including phenoxy) is 1. The molecule has 1 aromatic rings. The molecule has 4 nitrogen and oxygen atoms in total. The van der Waals surface area contributed by atoms with Crippen LogP contribution in [0.15, 0.2) is 22.7 Å². The van der Waals surface area contributed by atoms with Gasteiger partial charge in [0.1, 0.15) is 5.75 Å². The first-order valence-electron chi connectivity index (χ1n) is 6.29. The van der Waals surface area contributed by atoms with E-state index < -0.39 is 18.0 Å². The van der Waals surface area contributed by atoms with E-state index in [1.807, 2.05) is 0 Å². The first-order chi connectivity index (χ1) is 9.04. The van der Waals surface area contributed by atoms with Gasteiger partial charge in [-0.2, -0.15) is 0 Å². The van der Waals surface area contributed by atoms with Crippen molar-refractivity contribution in [3.63, 3.8) is 0 Å². The van der Waals surface area contributed by atoms with Crippen LogP contribution in [0.5, 0.6) is 5.75 Å². The molecule has 0 heterocycles. The Morgan fingerprint density at radius 1 is 1.47 bits per heavy atom. The Kier molecular flexibility index (Phi) is 4.47. The van der Waals surface area contributed by atoms with Crippen LogP contribution in [0.2, 0.25) is 0 Å². The molecule has 0 aliphatic heterocycles. The predicted octanol–water partition coefficient (Wildman–Crippen LogP) is 2.99. The van der Waals surface area contributed by atoms with Crippen molar-refractivity contribution in [2.75, 3.05) is 7.11 Å². The van der Waals surface area contributed by atoms with E-state index >= 15 is 0 Å². The lowest BCUT2D eigenvalue weighted by atomic mass is 9.87. The molecule has 3 atom stereocenters. The third kappa shape index (κ3) is 2.92. The van der Waals surface area contributed by atoms with Crippen molar-refractivity contribution in [1.29, 1.82) is 0 Å². The zero-order valence-corrected chi connectivity index (χ0v) is 12.3. The van der Waals surface area contributed by atoms with E-state index in [4.69, 9.17) is 4.74 Å². The average molecular weight is 329 g/mol. The van der Waals surface area contributed by atoms with Crippen LogP contribution in [0.3, 0.4) is 0 Å². The monoisotopic (exact) mass is 328 g/mol. The molecule has 0 aromatic heterocycles. The zero-order chi connectivity index (χ0) is 14.0. The van der Waals surface area contributed by atoms with Crippen LogP contribution >= 0.6 is 15.9 Å². The molecule has 0 spiro atoms. The fourth-order valence-corrected chi connectivity index (χ4v) is 3.37. The number of aliphatic hydroxyl groups excluding tert-OH is 1. The summed E-state index contributed by atoms with van der Waals surface area (Å²) in [6.07, 6.45) is 1.48. The molecule has 0 amide bonds. The minimum absolute atomic E-state index is 0.220. The van der Waals surface area contributed by atoms with Crippen molar-refractivity contribution in [2.45, 2.75) is 25.4 Å². The molecule has 0 saturated heterocycles. The smallest absolute Gasteiger partial charge is 0.306 e. The molecule has 5 heteroatoms. The van der Waals surface area contributed by atoms with Gasteiger partial charge in [0.25, 0.3) is 0 Å². The number of rotatable bonds is 4. The van der Waals surface area contributed by atoms with Gasteiger partial charge in [0, 0.05) is 10.4 Å².